The van der Waals surface area contributed by atoms with Crippen molar-refractivity contribution in [1.29, 1.82) is 0 Å². The molecule has 1 aliphatic heterocycles. The number of aromatic nitrogens is 1. The number of amides is 1. The third kappa shape index (κ3) is 6.78. The van der Waals surface area contributed by atoms with Gasteiger partial charge in [0.2, 0.25) is 0 Å². The van der Waals surface area contributed by atoms with Gasteiger partial charge in [0.05, 0.1) is 6.21 Å². The summed E-state index contributed by atoms with van der Waals surface area (Å²) in [5.41, 5.74) is 12.8. The fraction of sp³-hybridized carbons (Fsp3) is 0.314. The average Bonchev–Trinajstić information content (AvgIpc) is 3.22. The van der Waals surface area contributed by atoms with E-state index < -0.39 is 0 Å². The van der Waals surface area contributed by atoms with Crippen LogP contribution in [0.15, 0.2) is 84.0 Å². The summed E-state index contributed by atoms with van der Waals surface area (Å²) < 4.78 is 2.23. The summed E-state index contributed by atoms with van der Waals surface area (Å²) >= 11 is 0. The minimum Gasteiger partial charge on any atom is -0.318 e. The highest BCUT2D eigenvalue weighted by molar-refractivity contribution is 5.95. The van der Waals surface area contributed by atoms with Gasteiger partial charge in [-0.15, -0.1) is 0 Å². The van der Waals surface area contributed by atoms with Gasteiger partial charge in [-0.2, -0.15) is 5.10 Å². The zero-order valence-electron chi connectivity index (χ0n) is 24.2. The molecule has 1 aliphatic rings. The Kier molecular flexibility index (Phi) is 8.61. The van der Waals surface area contributed by atoms with E-state index in [0.717, 1.165) is 48.2 Å². The number of piperidine rings is 1. The highest BCUT2D eigenvalue weighted by Crippen LogP contribution is 2.24. The quantitative estimate of drug-likeness (QED) is 0.198. The summed E-state index contributed by atoms with van der Waals surface area (Å²) in [5.74, 6) is 0.566. The summed E-state index contributed by atoms with van der Waals surface area (Å²) in [7, 11) is 0. The molecule has 5 heteroatoms. The molecule has 40 heavy (non-hydrogen) atoms. The molecule has 0 radical (unpaired) electrons. The molecule has 0 atom stereocenters. The molecule has 5 rings (SSSR count). The Balaban J connectivity index is 1.13. The summed E-state index contributed by atoms with van der Waals surface area (Å²) in [4.78, 5) is 15.3. The predicted octanol–water partition coefficient (Wildman–Crippen LogP) is 6.93. The zero-order valence-corrected chi connectivity index (χ0v) is 24.2. The fourth-order valence-electron chi connectivity index (χ4n) is 5.94. The minimum absolute atomic E-state index is 0.201. The first-order valence-electron chi connectivity index (χ1n) is 14.3. The Hall–Kier alpha value is -3.96. The highest BCUT2D eigenvalue weighted by atomic mass is 16.2. The van der Waals surface area contributed by atoms with Gasteiger partial charge >= 0.3 is 0 Å². The molecule has 5 nitrogen and oxygen atoms in total. The van der Waals surface area contributed by atoms with Gasteiger partial charge in [-0.3, -0.25) is 9.69 Å². The normalized spacial score (nSPS) is 14.6. The first-order valence-corrected chi connectivity index (χ1v) is 14.3. The third-order valence-corrected chi connectivity index (χ3v) is 8.00. The Morgan fingerprint density at radius 2 is 1.55 bits per heavy atom. The van der Waals surface area contributed by atoms with Crippen LogP contribution in [0.25, 0.3) is 5.69 Å². The lowest BCUT2D eigenvalue weighted by atomic mass is 9.90. The second-order valence-corrected chi connectivity index (χ2v) is 11.3. The van der Waals surface area contributed by atoms with Crippen molar-refractivity contribution >= 4 is 12.1 Å². The number of rotatable bonds is 8. The number of hydrogen-bond donors (Lipinski definition) is 1. The Bertz CT molecular complexity index is 1460. The van der Waals surface area contributed by atoms with Gasteiger partial charge in [0.25, 0.3) is 5.91 Å². The first-order chi connectivity index (χ1) is 19.4. The molecule has 4 aromatic rings. The lowest BCUT2D eigenvalue weighted by Gasteiger charge is -2.32. The first kappa shape index (κ1) is 27.6. The number of likely N-dealkylation sites (tertiary alicyclic amines) is 1. The topological polar surface area (TPSA) is 49.6 Å². The molecule has 1 amide bonds. The number of nitrogens with one attached hydrogen (secondary N) is 1. The molecule has 0 spiro atoms. The number of carbonyl (C=O) groups excluding carboxylic acids is 1. The van der Waals surface area contributed by atoms with E-state index in [-0.39, 0.29) is 5.91 Å². The van der Waals surface area contributed by atoms with Crippen LogP contribution in [0.1, 0.15) is 62.4 Å². The average molecular weight is 533 g/mol. The number of benzene rings is 3. The number of aryl methyl sites for hydroxylation is 3. The van der Waals surface area contributed by atoms with Crippen LogP contribution in [-0.4, -0.2) is 34.7 Å². The second kappa shape index (κ2) is 12.5. The maximum absolute atomic E-state index is 12.7. The van der Waals surface area contributed by atoms with Crippen molar-refractivity contribution in [2.24, 2.45) is 11.0 Å². The van der Waals surface area contributed by atoms with E-state index in [9.17, 15) is 4.79 Å². The molecule has 0 saturated carbocycles. The summed E-state index contributed by atoms with van der Waals surface area (Å²) in [5, 5.41) is 4.27. The van der Waals surface area contributed by atoms with E-state index in [1.807, 2.05) is 12.1 Å². The predicted molar refractivity (Wildman–Crippen MR) is 164 cm³/mol. The van der Waals surface area contributed by atoms with Crippen LogP contribution in [-0.2, 0) is 13.0 Å². The van der Waals surface area contributed by atoms with Crippen LogP contribution in [0, 0.1) is 33.6 Å². The van der Waals surface area contributed by atoms with Crippen LogP contribution in [0.4, 0.5) is 0 Å². The molecule has 3 aromatic carbocycles. The van der Waals surface area contributed by atoms with Crippen molar-refractivity contribution in [3.63, 3.8) is 0 Å². The van der Waals surface area contributed by atoms with Crippen molar-refractivity contribution in [2.45, 2.75) is 53.5 Å². The van der Waals surface area contributed by atoms with Crippen molar-refractivity contribution in [3.8, 4) is 5.69 Å². The number of nitrogens with zero attached hydrogens (tertiary/aromatic N) is 3. The van der Waals surface area contributed by atoms with Crippen LogP contribution < -0.4 is 5.43 Å². The standard InChI is InChI=1S/C35H40N4O/c1-25-18-26(2)20-34(19-25)39-27(3)21-33(28(39)4)23-36-37-35(40)32-12-10-31(11-13-32)24-38-16-14-30(15-17-38)22-29-8-6-5-7-9-29/h5-13,18-21,23,30H,14-17,22,24H2,1-4H3,(H,37,40)/b36-23-. The Morgan fingerprint density at radius 3 is 2.23 bits per heavy atom. The largest absolute Gasteiger partial charge is 0.318 e. The molecule has 1 aromatic heterocycles. The monoisotopic (exact) mass is 532 g/mol. The van der Waals surface area contributed by atoms with Crippen molar-refractivity contribution < 1.29 is 4.79 Å². The van der Waals surface area contributed by atoms with Gasteiger partial charge in [0, 0.05) is 34.7 Å². The van der Waals surface area contributed by atoms with Gasteiger partial charge in [-0.1, -0.05) is 48.5 Å². The van der Waals surface area contributed by atoms with E-state index in [1.54, 1.807) is 6.21 Å². The van der Waals surface area contributed by atoms with E-state index >= 15 is 0 Å². The molecule has 2 heterocycles. The maximum Gasteiger partial charge on any atom is 0.271 e. The smallest absolute Gasteiger partial charge is 0.271 e. The number of hydrazone groups is 1. The second-order valence-electron chi connectivity index (χ2n) is 11.3. The molecule has 1 N–H and O–H groups in total. The van der Waals surface area contributed by atoms with Crippen LogP contribution in [0.2, 0.25) is 0 Å². The zero-order chi connectivity index (χ0) is 28.1. The van der Waals surface area contributed by atoms with Gasteiger partial charge < -0.3 is 4.57 Å². The fourth-order valence-corrected chi connectivity index (χ4v) is 5.94. The molecule has 1 saturated heterocycles. The van der Waals surface area contributed by atoms with E-state index in [0.29, 0.717) is 5.56 Å². The SMILES string of the molecule is Cc1cc(C)cc(-n2c(C)cc(/C=N\NC(=O)c3ccc(CN4CCC(Cc5ccccc5)CC4)cc3)c2C)c1. The van der Waals surface area contributed by atoms with Crippen molar-refractivity contribution in [1.82, 2.24) is 14.9 Å². The molecular weight excluding hydrogens is 492 g/mol. The molecule has 0 aliphatic carbocycles. The number of carbonyl (C=O) groups is 1. The van der Waals surface area contributed by atoms with Crippen molar-refractivity contribution in [3.05, 3.63) is 124 Å². The molecule has 1 fully saturated rings. The van der Waals surface area contributed by atoms with Crippen LogP contribution >= 0.6 is 0 Å². The summed E-state index contributed by atoms with van der Waals surface area (Å²) in [6.45, 7) is 11.6. The highest BCUT2D eigenvalue weighted by Gasteiger charge is 2.19. The Morgan fingerprint density at radius 1 is 0.875 bits per heavy atom. The summed E-state index contributed by atoms with van der Waals surface area (Å²) in [6, 6.07) is 27.4. The van der Waals surface area contributed by atoms with Crippen LogP contribution in [0.5, 0.6) is 0 Å². The lowest BCUT2D eigenvalue weighted by Crippen LogP contribution is -2.33. The van der Waals surface area contributed by atoms with Gasteiger partial charge in [-0.05, 0) is 119 Å². The summed E-state index contributed by atoms with van der Waals surface area (Å²) in [6.07, 6.45) is 5.38. The Labute approximate surface area is 238 Å². The van der Waals surface area contributed by atoms with Crippen molar-refractivity contribution in [2.75, 3.05) is 13.1 Å². The van der Waals surface area contributed by atoms with Gasteiger partial charge in [0.15, 0.2) is 0 Å². The maximum atomic E-state index is 12.7. The molecular formula is C35H40N4O. The minimum atomic E-state index is -0.201. The third-order valence-electron chi connectivity index (χ3n) is 8.00. The molecule has 0 bridgehead atoms. The van der Waals surface area contributed by atoms with Crippen LogP contribution in [0.3, 0.4) is 0 Å². The molecule has 206 valence electrons. The van der Waals surface area contributed by atoms with E-state index in [4.69, 9.17) is 0 Å². The van der Waals surface area contributed by atoms with E-state index in [1.165, 1.54) is 41.5 Å². The lowest BCUT2D eigenvalue weighted by molar-refractivity contribution is 0.0955. The van der Waals surface area contributed by atoms with Gasteiger partial charge in [0.1, 0.15) is 0 Å². The van der Waals surface area contributed by atoms with Gasteiger partial charge in [-0.25, -0.2) is 5.43 Å². The molecule has 0 unspecified atom stereocenters. The number of hydrogen-bond acceptors (Lipinski definition) is 3. The van der Waals surface area contributed by atoms with E-state index in [2.05, 4.69) is 114 Å².